The van der Waals surface area contributed by atoms with E-state index in [0.29, 0.717) is 6.04 Å². The van der Waals surface area contributed by atoms with Crippen molar-refractivity contribution in [3.8, 4) is 0 Å². The summed E-state index contributed by atoms with van der Waals surface area (Å²) >= 11 is 0. The molecule has 1 aliphatic rings. The number of hydrogen-bond acceptors (Lipinski definition) is 2. The predicted octanol–water partition coefficient (Wildman–Crippen LogP) is 2.39. The van der Waals surface area contributed by atoms with E-state index in [1.54, 1.807) is 0 Å². The predicted molar refractivity (Wildman–Crippen MR) is 70.1 cm³/mol. The lowest BCUT2D eigenvalue weighted by Crippen LogP contribution is -2.31. The van der Waals surface area contributed by atoms with Crippen LogP contribution in [0, 0.1) is 0 Å². The summed E-state index contributed by atoms with van der Waals surface area (Å²) in [7, 11) is 4.36. The van der Waals surface area contributed by atoms with Crippen LogP contribution in [0.5, 0.6) is 0 Å². The Hall–Kier alpha value is -1.02. The van der Waals surface area contributed by atoms with Gasteiger partial charge in [0.2, 0.25) is 0 Å². The Morgan fingerprint density at radius 2 is 2.06 bits per heavy atom. The highest BCUT2D eigenvalue weighted by atomic mass is 15.2. The van der Waals surface area contributed by atoms with Gasteiger partial charge >= 0.3 is 0 Å². The second-order valence-corrected chi connectivity index (χ2v) is 4.83. The topological polar surface area (TPSA) is 6.48 Å². The molecule has 1 atom stereocenters. The summed E-state index contributed by atoms with van der Waals surface area (Å²) in [6, 6.07) is 9.51. The Balaban J connectivity index is 2.14. The quantitative estimate of drug-likeness (QED) is 0.768. The molecule has 1 saturated heterocycles. The van der Waals surface area contributed by atoms with E-state index in [4.69, 9.17) is 0 Å². The number of benzene rings is 1. The number of para-hydroxylation sites is 1. The summed E-state index contributed by atoms with van der Waals surface area (Å²) in [6.45, 7) is 4.60. The second kappa shape index (κ2) is 4.88. The first-order chi connectivity index (χ1) is 7.72. The minimum Gasteiger partial charge on any atom is -0.370 e. The Morgan fingerprint density at radius 3 is 2.69 bits per heavy atom. The third-order valence-electron chi connectivity index (χ3n) is 3.61. The van der Waals surface area contributed by atoms with Gasteiger partial charge in [0.15, 0.2) is 0 Å². The average molecular weight is 218 g/mol. The fourth-order valence-electron chi connectivity index (χ4n) is 2.50. The van der Waals surface area contributed by atoms with Crippen LogP contribution < -0.4 is 4.90 Å². The van der Waals surface area contributed by atoms with E-state index in [1.165, 1.54) is 30.8 Å². The van der Waals surface area contributed by atoms with E-state index in [-0.39, 0.29) is 0 Å². The molecule has 0 aliphatic carbocycles. The maximum absolute atomic E-state index is 2.53. The molecule has 0 saturated carbocycles. The first kappa shape index (κ1) is 11.5. The number of aryl methyl sites for hydroxylation is 1. The van der Waals surface area contributed by atoms with Crippen molar-refractivity contribution in [3.63, 3.8) is 0 Å². The molecule has 1 aromatic carbocycles. The van der Waals surface area contributed by atoms with Gasteiger partial charge < -0.3 is 9.80 Å². The number of hydrogen-bond donors (Lipinski definition) is 0. The zero-order chi connectivity index (χ0) is 11.5. The largest absolute Gasteiger partial charge is 0.370 e. The van der Waals surface area contributed by atoms with Gasteiger partial charge in [0, 0.05) is 24.8 Å². The van der Waals surface area contributed by atoms with Crippen LogP contribution in [0.25, 0.3) is 0 Å². The molecule has 0 spiro atoms. The van der Waals surface area contributed by atoms with Crippen LogP contribution >= 0.6 is 0 Å². The van der Waals surface area contributed by atoms with Crippen LogP contribution in [0.4, 0.5) is 5.69 Å². The fourth-order valence-corrected chi connectivity index (χ4v) is 2.50. The monoisotopic (exact) mass is 218 g/mol. The van der Waals surface area contributed by atoms with E-state index >= 15 is 0 Å². The summed E-state index contributed by atoms with van der Waals surface area (Å²) in [6.07, 6.45) is 2.41. The molecule has 16 heavy (non-hydrogen) atoms. The minimum absolute atomic E-state index is 0.713. The Kier molecular flexibility index (Phi) is 3.49. The van der Waals surface area contributed by atoms with Gasteiger partial charge in [0.25, 0.3) is 0 Å². The first-order valence-electron chi connectivity index (χ1n) is 6.21. The van der Waals surface area contributed by atoms with E-state index in [0.717, 1.165) is 6.42 Å². The molecule has 1 heterocycles. The Bertz CT molecular complexity index is 346. The molecule has 2 heteroatoms. The summed E-state index contributed by atoms with van der Waals surface area (Å²) in [5.74, 6) is 0. The van der Waals surface area contributed by atoms with E-state index in [2.05, 4.69) is 55.1 Å². The van der Waals surface area contributed by atoms with Crippen molar-refractivity contribution >= 4 is 5.69 Å². The second-order valence-electron chi connectivity index (χ2n) is 4.83. The third-order valence-corrected chi connectivity index (χ3v) is 3.61. The van der Waals surface area contributed by atoms with Gasteiger partial charge in [0.05, 0.1) is 0 Å². The lowest BCUT2D eigenvalue weighted by atomic mass is 10.1. The number of nitrogens with zero attached hydrogens (tertiary/aromatic N) is 2. The van der Waals surface area contributed by atoms with Gasteiger partial charge in [-0.3, -0.25) is 0 Å². The molecular formula is C14H22N2. The molecule has 0 aromatic heterocycles. The third kappa shape index (κ3) is 2.22. The number of likely N-dealkylation sites (N-methyl/N-ethyl adjacent to an activating group) is 1. The van der Waals surface area contributed by atoms with Crippen LogP contribution in [-0.4, -0.2) is 38.1 Å². The van der Waals surface area contributed by atoms with Crippen molar-refractivity contribution in [1.29, 1.82) is 0 Å². The molecule has 1 aliphatic heterocycles. The minimum atomic E-state index is 0.713. The van der Waals surface area contributed by atoms with Gasteiger partial charge in [-0.25, -0.2) is 0 Å². The zero-order valence-corrected chi connectivity index (χ0v) is 10.6. The molecule has 0 bridgehead atoms. The van der Waals surface area contributed by atoms with Gasteiger partial charge in [-0.15, -0.1) is 0 Å². The molecule has 1 aromatic rings. The molecule has 0 N–H and O–H groups in total. The summed E-state index contributed by atoms with van der Waals surface area (Å²) in [4.78, 5) is 4.87. The maximum atomic E-state index is 2.53. The van der Waals surface area contributed by atoms with Crippen LogP contribution in [0.1, 0.15) is 18.9 Å². The Labute approximate surface area is 98.9 Å². The SMILES string of the molecule is CCc1ccccc1N1CCC(N(C)C)C1. The van der Waals surface area contributed by atoms with Crippen molar-refractivity contribution in [2.45, 2.75) is 25.8 Å². The number of rotatable bonds is 3. The zero-order valence-electron chi connectivity index (χ0n) is 10.6. The van der Waals surface area contributed by atoms with Crippen molar-refractivity contribution in [1.82, 2.24) is 4.90 Å². The molecule has 0 radical (unpaired) electrons. The van der Waals surface area contributed by atoms with Gasteiger partial charge in [0.1, 0.15) is 0 Å². The van der Waals surface area contributed by atoms with E-state index in [1.807, 2.05) is 0 Å². The first-order valence-corrected chi connectivity index (χ1v) is 6.21. The lowest BCUT2D eigenvalue weighted by Gasteiger charge is -2.23. The van der Waals surface area contributed by atoms with Crippen LogP contribution in [-0.2, 0) is 6.42 Å². The van der Waals surface area contributed by atoms with Crippen molar-refractivity contribution in [3.05, 3.63) is 29.8 Å². The summed E-state index contributed by atoms with van der Waals surface area (Å²) in [5, 5.41) is 0. The molecule has 1 unspecified atom stereocenters. The van der Waals surface area contributed by atoms with Crippen LogP contribution in [0.3, 0.4) is 0 Å². The molecular weight excluding hydrogens is 196 g/mol. The van der Waals surface area contributed by atoms with E-state index in [9.17, 15) is 0 Å². The van der Waals surface area contributed by atoms with Gasteiger partial charge in [-0.1, -0.05) is 25.1 Å². The standard InChI is InChI=1S/C14H22N2/c1-4-12-7-5-6-8-14(12)16-10-9-13(11-16)15(2)3/h5-8,13H,4,9-11H2,1-3H3. The average Bonchev–Trinajstić information content (AvgIpc) is 2.78. The highest BCUT2D eigenvalue weighted by Gasteiger charge is 2.24. The molecule has 2 rings (SSSR count). The maximum Gasteiger partial charge on any atom is 0.0399 e. The highest BCUT2D eigenvalue weighted by Crippen LogP contribution is 2.25. The highest BCUT2D eigenvalue weighted by molar-refractivity contribution is 5.54. The molecule has 0 amide bonds. The fraction of sp³-hybridized carbons (Fsp3) is 0.571. The van der Waals surface area contributed by atoms with Crippen molar-refractivity contribution in [2.75, 3.05) is 32.1 Å². The lowest BCUT2D eigenvalue weighted by molar-refractivity contribution is 0.315. The van der Waals surface area contributed by atoms with Gasteiger partial charge in [-0.2, -0.15) is 0 Å². The molecule has 2 nitrogen and oxygen atoms in total. The normalized spacial score (nSPS) is 20.8. The summed E-state index contributed by atoms with van der Waals surface area (Å²) in [5.41, 5.74) is 2.91. The van der Waals surface area contributed by atoms with Crippen LogP contribution in [0.15, 0.2) is 24.3 Å². The summed E-state index contributed by atoms with van der Waals surface area (Å²) < 4.78 is 0. The smallest absolute Gasteiger partial charge is 0.0399 e. The van der Waals surface area contributed by atoms with Crippen molar-refractivity contribution in [2.24, 2.45) is 0 Å². The van der Waals surface area contributed by atoms with Crippen molar-refractivity contribution < 1.29 is 0 Å². The number of anilines is 1. The van der Waals surface area contributed by atoms with Gasteiger partial charge in [-0.05, 0) is 38.6 Å². The van der Waals surface area contributed by atoms with E-state index < -0.39 is 0 Å². The Morgan fingerprint density at radius 1 is 1.31 bits per heavy atom. The molecule has 1 fully saturated rings. The van der Waals surface area contributed by atoms with Crippen LogP contribution in [0.2, 0.25) is 0 Å². The molecule has 88 valence electrons.